The number of hydrogen-bond acceptors (Lipinski definition) is 4. The van der Waals surface area contributed by atoms with Crippen LogP contribution in [0.1, 0.15) is 34.8 Å². The molecular weight excluding hydrogens is 328 g/mol. The zero-order valence-electron chi connectivity index (χ0n) is 14.6. The molecule has 2 atom stereocenters. The van der Waals surface area contributed by atoms with E-state index in [1.165, 1.54) is 0 Å². The quantitative estimate of drug-likeness (QED) is 0.888. The highest BCUT2D eigenvalue weighted by Gasteiger charge is 2.45. The number of nitrogens with one attached hydrogen (secondary N) is 2. The number of amides is 2. The molecule has 2 aromatic rings. The minimum absolute atomic E-state index is 0.314. The summed E-state index contributed by atoms with van der Waals surface area (Å²) < 4.78 is 0. The number of pyridine rings is 2. The van der Waals surface area contributed by atoms with Crippen molar-refractivity contribution in [3.8, 4) is 0 Å². The standard InChI is InChI=1S/C20H20N4O2/c1-19(23-17(25)15-9-3-7-13-21-15)11-5-6-12-20(19,2)24-18(26)16-10-4-8-14-22-16/h3-14H,1-2H3,(H,23,25)(H,24,26). The third kappa shape index (κ3) is 3.39. The summed E-state index contributed by atoms with van der Waals surface area (Å²) in [6.07, 6.45) is 10.5. The second kappa shape index (κ2) is 6.92. The molecule has 26 heavy (non-hydrogen) atoms. The molecule has 0 spiro atoms. The van der Waals surface area contributed by atoms with Crippen molar-refractivity contribution in [1.82, 2.24) is 20.6 Å². The van der Waals surface area contributed by atoms with E-state index >= 15 is 0 Å². The predicted octanol–water partition coefficient (Wildman–Crippen LogP) is 2.28. The topological polar surface area (TPSA) is 84.0 Å². The smallest absolute Gasteiger partial charge is 0.270 e. The van der Waals surface area contributed by atoms with E-state index in [0.29, 0.717) is 11.4 Å². The summed E-state index contributed by atoms with van der Waals surface area (Å²) in [5.74, 6) is -0.627. The van der Waals surface area contributed by atoms with Crippen LogP contribution >= 0.6 is 0 Å². The van der Waals surface area contributed by atoms with Gasteiger partial charge in [-0.2, -0.15) is 0 Å². The zero-order valence-corrected chi connectivity index (χ0v) is 14.6. The van der Waals surface area contributed by atoms with Gasteiger partial charge in [0.05, 0.1) is 11.1 Å². The van der Waals surface area contributed by atoms with Crippen molar-refractivity contribution in [2.45, 2.75) is 24.9 Å². The summed E-state index contributed by atoms with van der Waals surface area (Å²) in [4.78, 5) is 33.4. The second-order valence-electron chi connectivity index (χ2n) is 6.46. The van der Waals surface area contributed by atoms with Gasteiger partial charge in [0.25, 0.3) is 11.8 Å². The molecule has 0 aliphatic heterocycles. The fourth-order valence-electron chi connectivity index (χ4n) is 2.78. The molecule has 0 aromatic carbocycles. The van der Waals surface area contributed by atoms with E-state index in [1.54, 1.807) is 48.8 Å². The molecule has 2 N–H and O–H groups in total. The Morgan fingerprint density at radius 2 is 1.19 bits per heavy atom. The molecule has 132 valence electrons. The lowest BCUT2D eigenvalue weighted by Crippen LogP contribution is -2.67. The largest absolute Gasteiger partial charge is 0.339 e. The minimum Gasteiger partial charge on any atom is -0.339 e. The van der Waals surface area contributed by atoms with Crippen LogP contribution in [0.4, 0.5) is 0 Å². The Morgan fingerprint density at radius 3 is 1.54 bits per heavy atom. The van der Waals surface area contributed by atoms with Crippen LogP contribution < -0.4 is 10.6 Å². The second-order valence-corrected chi connectivity index (χ2v) is 6.46. The molecule has 1 aliphatic carbocycles. The number of carbonyl (C=O) groups is 2. The van der Waals surface area contributed by atoms with Gasteiger partial charge < -0.3 is 10.6 Å². The number of nitrogens with zero attached hydrogens (tertiary/aromatic N) is 2. The molecule has 0 bridgehead atoms. The van der Waals surface area contributed by atoms with Crippen molar-refractivity contribution in [3.05, 3.63) is 84.5 Å². The van der Waals surface area contributed by atoms with Crippen LogP contribution in [0.15, 0.2) is 73.1 Å². The average molecular weight is 348 g/mol. The van der Waals surface area contributed by atoms with Crippen LogP contribution in [0.5, 0.6) is 0 Å². The molecule has 3 rings (SSSR count). The van der Waals surface area contributed by atoms with E-state index in [2.05, 4.69) is 20.6 Å². The van der Waals surface area contributed by atoms with Crippen LogP contribution in [0.2, 0.25) is 0 Å². The van der Waals surface area contributed by atoms with E-state index < -0.39 is 11.1 Å². The van der Waals surface area contributed by atoms with E-state index in [9.17, 15) is 9.59 Å². The lowest BCUT2D eigenvalue weighted by Gasteiger charge is -2.45. The maximum Gasteiger partial charge on any atom is 0.270 e. The Kier molecular flexibility index (Phi) is 4.67. The highest BCUT2D eigenvalue weighted by Crippen LogP contribution is 2.29. The van der Waals surface area contributed by atoms with Crippen LogP contribution in [0.25, 0.3) is 0 Å². The summed E-state index contributed by atoms with van der Waals surface area (Å²) in [6, 6.07) is 10.3. The fourth-order valence-corrected chi connectivity index (χ4v) is 2.78. The average Bonchev–Trinajstić information content (AvgIpc) is 2.66. The van der Waals surface area contributed by atoms with E-state index in [4.69, 9.17) is 0 Å². The fraction of sp³-hybridized carbons (Fsp3) is 0.200. The Hall–Kier alpha value is -3.28. The van der Waals surface area contributed by atoms with Gasteiger partial charge in [0.15, 0.2) is 0 Å². The SMILES string of the molecule is CC1(NC(=O)c2ccccn2)C=CC=CC1(C)NC(=O)c1ccccn1. The molecule has 0 saturated heterocycles. The lowest BCUT2D eigenvalue weighted by molar-refractivity contribution is 0.0817. The van der Waals surface area contributed by atoms with Crippen LogP contribution in [0.3, 0.4) is 0 Å². The normalized spacial score (nSPS) is 24.1. The zero-order chi connectivity index (χ0) is 18.6. The Bertz CT molecular complexity index is 790. The van der Waals surface area contributed by atoms with Gasteiger partial charge in [-0.05, 0) is 38.1 Å². The molecule has 2 amide bonds. The van der Waals surface area contributed by atoms with E-state index in [-0.39, 0.29) is 11.8 Å². The molecule has 6 nitrogen and oxygen atoms in total. The number of carbonyl (C=O) groups excluding carboxylic acids is 2. The first-order valence-electron chi connectivity index (χ1n) is 8.28. The number of aromatic nitrogens is 2. The van der Waals surface area contributed by atoms with Gasteiger partial charge in [-0.15, -0.1) is 0 Å². The highest BCUT2D eigenvalue weighted by molar-refractivity contribution is 5.95. The van der Waals surface area contributed by atoms with Crippen LogP contribution in [0, 0.1) is 0 Å². The van der Waals surface area contributed by atoms with Crippen LogP contribution in [-0.2, 0) is 0 Å². The van der Waals surface area contributed by atoms with Gasteiger partial charge in [-0.3, -0.25) is 19.6 Å². The molecule has 0 radical (unpaired) electrons. The molecule has 1 aliphatic rings. The van der Waals surface area contributed by atoms with E-state index in [1.807, 2.05) is 38.2 Å². The van der Waals surface area contributed by atoms with Gasteiger partial charge in [0, 0.05) is 12.4 Å². The molecule has 0 saturated carbocycles. The Labute approximate surface area is 152 Å². The van der Waals surface area contributed by atoms with Gasteiger partial charge >= 0.3 is 0 Å². The summed E-state index contributed by atoms with van der Waals surface area (Å²) in [7, 11) is 0. The van der Waals surface area contributed by atoms with Crippen LogP contribution in [-0.4, -0.2) is 32.9 Å². The highest BCUT2D eigenvalue weighted by atomic mass is 16.2. The maximum atomic E-state index is 12.6. The third-order valence-electron chi connectivity index (χ3n) is 4.59. The molecule has 6 heteroatoms. The molecule has 2 heterocycles. The predicted molar refractivity (Wildman–Crippen MR) is 98.5 cm³/mol. The Balaban J connectivity index is 1.84. The number of allylic oxidation sites excluding steroid dienone is 2. The summed E-state index contributed by atoms with van der Waals surface area (Å²) >= 11 is 0. The Morgan fingerprint density at radius 1 is 0.769 bits per heavy atom. The van der Waals surface area contributed by atoms with Crippen molar-refractivity contribution in [3.63, 3.8) is 0 Å². The summed E-state index contributed by atoms with van der Waals surface area (Å²) in [5.41, 5.74) is -1.06. The molecule has 2 unspecified atom stereocenters. The van der Waals surface area contributed by atoms with Gasteiger partial charge in [-0.1, -0.05) is 36.4 Å². The minimum atomic E-state index is -0.846. The monoisotopic (exact) mass is 348 g/mol. The summed E-state index contributed by atoms with van der Waals surface area (Å²) in [6.45, 7) is 3.71. The van der Waals surface area contributed by atoms with Gasteiger partial charge in [0.1, 0.15) is 11.4 Å². The van der Waals surface area contributed by atoms with E-state index in [0.717, 1.165) is 0 Å². The van der Waals surface area contributed by atoms with Crippen molar-refractivity contribution in [1.29, 1.82) is 0 Å². The maximum absolute atomic E-state index is 12.6. The third-order valence-corrected chi connectivity index (χ3v) is 4.59. The van der Waals surface area contributed by atoms with Gasteiger partial charge in [0.2, 0.25) is 0 Å². The first-order valence-corrected chi connectivity index (χ1v) is 8.28. The number of hydrogen-bond donors (Lipinski definition) is 2. The molecule has 0 fully saturated rings. The molecular formula is C20H20N4O2. The first-order chi connectivity index (χ1) is 12.4. The van der Waals surface area contributed by atoms with Crippen molar-refractivity contribution < 1.29 is 9.59 Å². The van der Waals surface area contributed by atoms with Gasteiger partial charge in [-0.25, -0.2) is 0 Å². The van der Waals surface area contributed by atoms with Crippen molar-refractivity contribution in [2.75, 3.05) is 0 Å². The van der Waals surface area contributed by atoms with Crippen molar-refractivity contribution >= 4 is 11.8 Å². The summed E-state index contributed by atoms with van der Waals surface area (Å²) in [5, 5.41) is 5.97. The van der Waals surface area contributed by atoms with Crippen molar-refractivity contribution in [2.24, 2.45) is 0 Å². The number of rotatable bonds is 4. The molecule has 2 aromatic heterocycles. The first kappa shape index (κ1) is 17.5. The lowest BCUT2D eigenvalue weighted by atomic mass is 9.76.